The number of anilines is 1. The molecule has 270 valence electrons. The van der Waals surface area contributed by atoms with E-state index in [9.17, 15) is 31.1 Å². The number of allylic oxidation sites excluding steroid dienone is 3. The minimum atomic E-state index is -5.11. The van der Waals surface area contributed by atoms with Crippen molar-refractivity contribution in [2.45, 2.75) is 70.5 Å². The lowest BCUT2D eigenvalue weighted by atomic mass is 9.96. The fraction of sp³-hybridized carbons (Fsp3) is 0.333. The zero-order valence-corrected chi connectivity index (χ0v) is 28.3. The largest absolute Gasteiger partial charge is 0.444 e. The summed E-state index contributed by atoms with van der Waals surface area (Å²) in [4.78, 5) is 17.0. The molecule has 2 heterocycles. The summed E-state index contributed by atoms with van der Waals surface area (Å²) in [5, 5.41) is 9.63. The molecule has 1 N–H and O–H groups in total. The van der Waals surface area contributed by atoms with Crippen molar-refractivity contribution in [1.82, 2.24) is 15.2 Å². The van der Waals surface area contributed by atoms with Crippen molar-refractivity contribution in [3.8, 4) is 22.8 Å². The van der Waals surface area contributed by atoms with E-state index >= 15 is 0 Å². The average Bonchev–Trinajstić information content (AvgIpc) is 3.53. The number of nitrogens with one attached hydrogen (secondary N) is 1. The summed E-state index contributed by atoms with van der Waals surface area (Å²) in [7, 11) is 0. The average molecular weight is 707 g/mol. The van der Waals surface area contributed by atoms with Crippen LogP contribution in [0.3, 0.4) is 0 Å². The fourth-order valence-corrected chi connectivity index (χ4v) is 4.53. The molecule has 0 saturated carbocycles. The summed E-state index contributed by atoms with van der Waals surface area (Å²) in [6.07, 6.45) is -6.45. The van der Waals surface area contributed by atoms with E-state index in [4.69, 9.17) is 13.9 Å². The number of ether oxygens (including phenoxy) is 2. The highest BCUT2D eigenvalue weighted by molar-refractivity contribution is 5.90. The summed E-state index contributed by atoms with van der Waals surface area (Å²) in [6, 6.07) is 6.68. The number of rotatable bonds is 13. The van der Waals surface area contributed by atoms with Crippen molar-refractivity contribution in [1.29, 1.82) is 0 Å². The van der Waals surface area contributed by atoms with Crippen LogP contribution >= 0.6 is 0 Å². The number of carbonyl (C=O) groups is 1. The van der Waals surface area contributed by atoms with Crippen molar-refractivity contribution in [2.75, 3.05) is 11.9 Å². The first-order chi connectivity index (χ1) is 23.4. The van der Waals surface area contributed by atoms with E-state index in [0.717, 1.165) is 0 Å². The van der Waals surface area contributed by atoms with Gasteiger partial charge in [0.2, 0.25) is 5.60 Å². The topological polar surface area (TPSA) is 99.4 Å². The van der Waals surface area contributed by atoms with E-state index in [1.54, 1.807) is 19.1 Å². The molecule has 0 bridgehead atoms. The van der Waals surface area contributed by atoms with Crippen LogP contribution in [-0.4, -0.2) is 39.7 Å². The molecule has 50 heavy (non-hydrogen) atoms. The van der Waals surface area contributed by atoms with E-state index in [1.165, 1.54) is 57.2 Å². The number of pyridine rings is 1. The maximum atomic E-state index is 14.9. The second-order valence-corrected chi connectivity index (χ2v) is 11.5. The Morgan fingerprint density at radius 1 is 0.980 bits per heavy atom. The molecular weight excluding hydrogens is 666 g/mol. The highest BCUT2D eigenvalue weighted by Gasteiger charge is 2.61. The second-order valence-electron chi connectivity index (χ2n) is 11.5. The SMILES string of the molecule is C=C.C=CCCC(OC/C(C=C)=C/C)(c1nnc(-c2nc(-c3ccccc3CC=C)c(C(F)(F)F)cc2NC(=O)OC(C)(C)C)o1)C(F)(F)F. The number of hydrogen-bond donors (Lipinski definition) is 1. The van der Waals surface area contributed by atoms with E-state index in [1.807, 2.05) is 0 Å². The molecule has 0 fully saturated rings. The number of benzene rings is 1. The Balaban J connectivity index is 0.00000425. The van der Waals surface area contributed by atoms with Crippen LogP contribution in [0.4, 0.5) is 36.8 Å². The molecule has 0 aliphatic carbocycles. The van der Waals surface area contributed by atoms with Crippen molar-refractivity contribution in [3.05, 3.63) is 110 Å². The van der Waals surface area contributed by atoms with Crippen molar-refractivity contribution in [2.24, 2.45) is 0 Å². The lowest BCUT2D eigenvalue weighted by molar-refractivity contribution is -0.292. The van der Waals surface area contributed by atoms with Gasteiger partial charge in [-0.25, -0.2) is 9.78 Å². The molecule has 0 spiro atoms. The highest BCUT2D eigenvalue weighted by Crippen LogP contribution is 2.47. The van der Waals surface area contributed by atoms with E-state index in [2.05, 4.69) is 53.4 Å². The Morgan fingerprint density at radius 3 is 2.18 bits per heavy atom. The van der Waals surface area contributed by atoms with Crippen LogP contribution in [0.1, 0.15) is 57.6 Å². The molecule has 0 radical (unpaired) electrons. The molecule has 0 saturated heterocycles. The van der Waals surface area contributed by atoms with Crippen LogP contribution in [0.2, 0.25) is 0 Å². The van der Waals surface area contributed by atoms with Gasteiger partial charge in [0.15, 0.2) is 5.69 Å². The first-order valence-electron chi connectivity index (χ1n) is 15.2. The Bertz CT molecular complexity index is 1690. The van der Waals surface area contributed by atoms with E-state index < -0.39 is 77.1 Å². The lowest BCUT2D eigenvalue weighted by Gasteiger charge is -2.32. The normalized spacial score (nSPS) is 13.4. The number of nitrogens with zero attached hydrogens (tertiary/aromatic N) is 3. The van der Waals surface area contributed by atoms with Crippen LogP contribution < -0.4 is 5.32 Å². The number of carbonyl (C=O) groups excluding carboxylic acids is 1. The fourth-order valence-electron chi connectivity index (χ4n) is 4.53. The van der Waals surface area contributed by atoms with Crippen molar-refractivity contribution >= 4 is 11.8 Å². The van der Waals surface area contributed by atoms with Gasteiger partial charge in [0.05, 0.1) is 23.6 Å². The minimum absolute atomic E-state index is 0.0526. The molecule has 0 aliphatic heterocycles. The van der Waals surface area contributed by atoms with Crippen molar-refractivity contribution < 1.29 is 45.0 Å². The van der Waals surface area contributed by atoms with Gasteiger partial charge in [0, 0.05) is 5.56 Å². The van der Waals surface area contributed by atoms with Gasteiger partial charge in [-0.15, -0.1) is 36.5 Å². The van der Waals surface area contributed by atoms with Gasteiger partial charge in [0.1, 0.15) is 5.60 Å². The predicted octanol–water partition coefficient (Wildman–Crippen LogP) is 10.6. The molecule has 1 aromatic carbocycles. The molecule has 1 amide bonds. The number of hydrogen-bond acceptors (Lipinski definition) is 7. The standard InChI is InChI=1S/C34H36F6N4O4.C2H4/c1-8-12-18-32(34(38,39)40,46-20-21(10-3)11-4)29-44-43-28(47-29)27-25(41-30(45)48-31(5,6)7)19-24(33(35,36)37)26(42-27)23-17-14-13-16-22(23)15-9-2;1-2/h8-11,13-14,16-17,19H,1-3,12,15,18,20H2,4-7H3,(H,41,45);1-2H2/b21-11+;. The maximum absolute atomic E-state index is 14.9. The number of alkyl halides is 6. The number of aromatic nitrogens is 3. The first-order valence-corrected chi connectivity index (χ1v) is 15.2. The monoisotopic (exact) mass is 706 g/mol. The third-order valence-electron chi connectivity index (χ3n) is 6.85. The van der Waals surface area contributed by atoms with Gasteiger partial charge >= 0.3 is 18.4 Å². The Hall–Kier alpha value is -4.98. The molecular formula is C36H40F6N4O4. The van der Waals surface area contributed by atoms with E-state index in [0.29, 0.717) is 17.2 Å². The quantitative estimate of drug-likeness (QED) is 0.107. The molecule has 2 aromatic heterocycles. The van der Waals surface area contributed by atoms with Gasteiger partial charge in [-0.3, -0.25) is 5.32 Å². The molecule has 1 atom stereocenters. The van der Waals surface area contributed by atoms with Gasteiger partial charge in [-0.05, 0) is 64.2 Å². The van der Waals surface area contributed by atoms with Crippen LogP contribution in [-0.2, 0) is 27.7 Å². The summed E-state index contributed by atoms with van der Waals surface area (Å²) >= 11 is 0. The molecule has 8 nitrogen and oxygen atoms in total. The minimum Gasteiger partial charge on any atom is -0.444 e. The van der Waals surface area contributed by atoms with Crippen LogP contribution in [0.25, 0.3) is 22.8 Å². The Kier molecular flexibility index (Phi) is 14.1. The molecule has 14 heteroatoms. The van der Waals surface area contributed by atoms with Crippen LogP contribution in [0.5, 0.6) is 0 Å². The zero-order valence-electron chi connectivity index (χ0n) is 28.3. The Morgan fingerprint density at radius 2 is 1.64 bits per heavy atom. The zero-order chi connectivity index (χ0) is 37.9. The van der Waals surface area contributed by atoms with Gasteiger partial charge in [-0.2, -0.15) is 26.3 Å². The van der Waals surface area contributed by atoms with Gasteiger partial charge in [0.25, 0.3) is 11.8 Å². The predicted molar refractivity (Wildman–Crippen MR) is 180 cm³/mol. The second kappa shape index (κ2) is 17.1. The van der Waals surface area contributed by atoms with Crippen molar-refractivity contribution in [3.63, 3.8) is 0 Å². The van der Waals surface area contributed by atoms with Crippen LogP contribution in [0.15, 0.2) is 97.5 Å². The summed E-state index contributed by atoms with van der Waals surface area (Å²) in [5.74, 6) is -1.76. The molecule has 1 unspecified atom stereocenters. The molecule has 3 aromatic rings. The third kappa shape index (κ3) is 10.0. The summed E-state index contributed by atoms with van der Waals surface area (Å²) < 4.78 is 105. The summed E-state index contributed by atoms with van der Waals surface area (Å²) in [6.45, 7) is 22.4. The smallest absolute Gasteiger partial charge is 0.426 e. The molecule has 0 aliphatic rings. The highest BCUT2D eigenvalue weighted by atomic mass is 19.4. The summed E-state index contributed by atoms with van der Waals surface area (Å²) in [5.41, 5.74) is -6.42. The lowest BCUT2D eigenvalue weighted by Crippen LogP contribution is -2.45. The Labute approximate surface area is 287 Å². The third-order valence-corrected chi connectivity index (χ3v) is 6.85. The first kappa shape index (κ1) is 41.2. The van der Waals surface area contributed by atoms with E-state index in [-0.39, 0.29) is 18.4 Å². The van der Waals surface area contributed by atoms with Gasteiger partial charge < -0.3 is 13.9 Å². The maximum Gasteiger partial charge on any atom is 0.426 e. The number of amides is 1. The van der Waals surface area contributed by atoms with Crippen LogP contribution in [0, 0.1) is 0 Å². The van der Waals surface area contributed by atoms with Gasteiger partial charge in [-0.1, -0.05) is 55.1 Å². The number of halogens is 6. The molecule has 3 rings (SSSR count).